The van der Waals surface area contributed by atoms with Gasteiger partial charge in [-0.3, -0.25) is 5.10 Å². The molecule has 1 aliphatic rings. The number of thiophene rings is 1. The number of nitrogens with zero attached hydrogens (tertiary/aromatic N) is 2. The Bertz CT molecular complexity index is 676. The number of H-pyrrole nitrogens is 1. The van der Waals surface area contributed by atoms with E-state index in [0.29, 0.717) is 36.3 Å². The maximum absolute atomic E-state index is 12.3. The number of rotatable bonds is 8. The third-order valence-electron chi connectivity index (χ3n) is 3.24. The average molecular weight is 327 g/mol. The molecule has 7 nitrogen and oxygen atoms in total. The van der Waals surface area contributed by atoms with Gasteiger partial charge in [-0.05, 0) is 24.3 Å². The van der Waals surface area contributed by atoms with Gasteiger partial charge in [-0.2, -0.15) is 5.10 Å². The van der Waals surface area contributed by atoms with Gasteiger partial charge in [0.25, 0.3) is 0 Å². The highest BCUT2D eigenvalue weighted by atomic mass is 32.2. The largest absolute Gasteiger partial charge is 0.309 e. The van der Waals surface area contributed by atoms with E-state index in [2.05, 4.69) is 25.2 Å². The van der Waals surface area contributed by atoms with Crippen LogP contribution in [0.4, 0.5) is 0 Å². The van der Waals surface area contributed by atoms with Gasteiger partial charge in [0.15, 0.2) is 0 Å². The van der Waals surface area contributed by atoms with Crippen molar-refractivity contribution in [3.63, 3.8) is 0 Å². The first-order valence-corrected chi connectivity index (χ1v) is 9.15. The highest BCUT2D eigenvalue weighted by Gasteiger charge is 2.23. The summed E-state index contributed by atoms with van der Waals surface area (Å²) < 4.78 is 27.3. The molecule has 9 heteroatoms. The Labute approximate surface area is 127 Å². The lowest BCUT2D eigenvalue weighted by Crippen LogP contribution is -2.27. The molecule has 1 fully saturated rings. The Balaban J connectivity index is 1.59. The molecule has 3 rings (SSSR count). The SMILES string of the molecule is O=S(=O)(NCCc1ncn[nH]1)c1ccsc1CNC1CC1. The van der Waals surface area contributed by atoms with E-state index < -0.39 is 10.0 Å². The monoisotopic (exact) mass is 327 g/mol. The van der Waals surface area contributed by atoms with E-state index in [-0.39, 0.29) is 0 Å². The molecule has 1 aliphatic carbocycles. The maximum atomic E-state index is 12.3. The lowest BCUT2D eigenvalue weighted by atomic mass is 10.4. The zero-order chi connectivity index (χ0) is 14.7. The molecule has 114 valence electrons. The second-order valence-corrected chi connectivity index (χ2v) is 7.68. The molecule has 3 N–H and O–H groups in total. The molecule has 0 bridgehead atoms. The lowest BCUT2D eigenvalue weighted by Gasteiger charge is -2.07. The molecule has 0 unspecified atom stereocenters. The van der Waals surface area contributed by atoms with Crippen molar-refractivity contribution >= 4 is 21.4 Å². The molecule has 0 atom stereocenters. The van der Waals surface area contributed by atoms with Gasteiger partial charge in [0.1, 0.15) is 12.2 Å². The molecular weight excluding hydrogens is 310 g/mol. The number of nitrogens with one attached hydrogen (secondary N) is 3. The van der Waals surface area contributed by atoms with Crippen molar-refractivity contribution in [1.29, 1.82) is 0 Å². The predicted octanol–water partition coefficient (Wildman–Crippen LogP) is 0.639. The number of aromatic nitrogens is 3. The minimum Gasteiger partial charge on any atom is -0.309 e. The third-order valence-corrected chi connectivity index (χ3v) is 5.84. The standard InChI is InChI=1S/C12H17N5O2S2/c18-21(19,16-5-3-12-14-8-15-17-12)11-4-6-20-10(11)7-13-9-1-2-9/h4,6,8-9,13,16H,1-3,5,7H2,(H,14,15,17). The number of hydrogen-bond acceptors (Lipinski definition) is 6. The van der Waals surface area contributed by atoms with Crippen LogP contribution >= 0.6 is 11.3 Å². The van der Waals surface area contributed by atoms with E-state index >= 15 is 0 Å². The lowest BCUT2D eigenvalue weighted by molar-refractivity contribution is 0.579. The fourth-order valence-corrected chi connectivity index (χ4v) is 4.38. The first-order chi connectivity index (χ1) is 10.1. The smallest absolute Gasteiger partial charge is 0.241 e. The van der Waals surface area contributed by atoms with Crippen molar-refractivity contribution in [2.45, 2.75) is 36.7 Å². The number of hydrogen-bond donors (Lipinski definition) is 3. The molecule has 2 aromatic heterocycles. The van der Waals surface area contributed by atoms with Crippen molar-refractivity contribution in [2.24, 2.45) is 0 Å². The van der Waals surface area contributed by atoms with Crippen molar-refractivity contribution in [3.8, 4) is 0 Å². The molecule has 0 amide bonds. The Hall–Kier alpha value is -1.29. The van der Waals surface area contributed by atoms with Gasteiger partial charge < -0.3 is 5.32 Å². The first-order valence-electron chi connectivity index (χ1n) is 6.79. The Morgan fingerprint density at radius 1 is 1.43 bits per heavy atom. The molecule has 0 spiro atoms. The summed E-state index contributed by atoms with van der Waals surface area (Å²) in [5.74, 6) is 0.665. The van der Waals surface area contributed by atoms with E-state index in [1.54, 1.807) is 6.07 Å². The average Bonchev–Trinajstić information content (AvgIpc) is 2.93. The molecule has 21 heavy (non-hydrogen) atoms. The second-order valence-electron chi connectivity index (χ2n) is 4.94. The van der Waals surface area contributed by atoms with Crippen molar-refractivity contribution in [1.82, 2.24) is 25.2 Å². The maximum Gasteiger partial charge on any atom is 0.241 e. The minimum atomic E-state index is -3.47. The van der Waals surface area contributed by atoms with Crippen LogP contribution in [-0.4, -0.2) is 36.2 Å². The quantitative estimate of drug-likeness (QED) is 0.661. The number of aromatic amines is 1. The summed E-state index contributed by atoms with van der Waals surface area (Å²) in [7, 11) is -3.47. The van der Waals surface area contributed by atoms with Crippen LogP contribution in [0.1, 0.15) is 23.5 Å². The highest BCUT2D eigenvalue weighted by molar-refractivity contribution is 7.89. The summed E-state index contributed by atoms with van der Waals surface area (Å²) in [6.45, 7) is 0.906. The van der Waals surface area contributed by atoms with Gasteiger partial charge in [-0.1, -0.05) is 0 Å². The van der Waals surface area contributed by atoms with E-state index in [0.717, 1.165) is 4.88 Å². The minimum absolute atomic E-state index is 0.295. The summed E-state index contributed by atoms with van der Waals surface area (Å²) in [6.07, 6.45) is 4.26. The summed E-state index contributed by atoms with van der Waals surface area (Å²) >= 11 is 1.47. The molecule has 2 heterocycles. The zero-order valence-electron chi connectivity index (χ0n) is 11.4. The fraction of sp³-hybridized carbons (Fsp3) is 0.500. The molecule has 1 saturated carbocycles. The fourth-order valence-electron chi connectivity index (χ4n) is 1.95. The summed E-state index contributed by atoms with van der Waals surface area (Å²) in [5.41, 5.74) is 0. The van der Waals surface area contributed by atoms with Crippen LogP contribution in [-0.2, 0) is 23.0 Å². The van der Waals surface area contributed by atoms with Crippen LogP contribution in [0.5, 0.6) is 0 Å². The van der Waals surface area contributed by atoms with Gasteiger partial charge in [-0.15, -0.1) is 11.3 Å². The topological polar surface area (TPSA) is 99.8 Å². The summed E-state index contributed by atoms with van der Waals surface area (Å²) in [5, 5.41) is 11.6. The van der Waals surface area contributed by atoms with E-state index in [9.17, 15) is 8.42 Å². The molecular formula is C12H17N5O2S2. The first kappa shape index (κ1) is 14.6. The second kappa shape index (κ2) is 6.22. The highest BCUT2D eigenvalue weighted by Crippen LogP contribution is 2.24. The van der Waals surface area contributed by atoms with Crippen LogP contribution in [0.25, 0.3) is 0 Å². The van der Waals surface area contributed by atoms with Gasteiger partial charge in [0.2, 0.25) is 10.0 Å². The van der Waals surface area contributed by atoms with Crippen LogP contribution < -0.4 is 10.0 Å². The predicted molar refractivity (Wildman–Crippen MR) is 79.5 cm³/mol. The van der Waals surface area contributed by atoms with E-state index in [1.807, 2.05) is 5.38 Å². The van der Waals surface area contributed by atoms with Crippen LogP contribution in [0.15, 0.2) is 22.7 Å². The normalized spacial score (nSPS) is 15.4. The van der Waals surface area contributed by atoms with Gasteiger partial charge in [-0.25, -0.2) is 18.1 Å². The molecule has 0 radical (unpaired) electrons. The summed E-state index contributed by atoms with van der Waals surface area (Å²) in [6, 6.07) is 2.22. The van der Waals surface area contributed by atoms with E-state index in [4.69, 9.17) is 0 Å². The molecule has 2 aromatic rings. The van der Waals surface area contributed by atoms with Crippen molar-refractivity contribution in [2.75, 3.05) is 6.54 Å². The molecule has 0 aromatic carbocycles. The van der Waals surface area contributed by atoms with Crippen molar-refractivity contribution in [3.05, 3.63) is 28.5 Å². The van der Waals surface area contributed by atoms with E-state index in [1.165, 1.54) is 30.5 Å². The van der Waals surface area contributed by atoms with Gasteiger partial charge >= 0.3 is 0 Å². The Morgan fingerprint density at radius 3 is 3.00 bits per heavy atom. The van der Waals surface area contributed by atoms with Crippen LogP contribution in [0.3, 0.4) is 0 Å². The third kappa shape index (κ3) is 3.88. The van der Waals surface area contributed by atoms with Crippen molar-refractivity contribution < 1.29 is 8.42 Å². The molecule has 0 aliphatic heterocycles. The van der Waals surface area contributed by atoms with Crippen LogP contribution in [0.2, 0.25) is 0 Å². The zero-order valence-corrected chi connectivity index (χ0v) is 13.0. The van der Waals surface area contributed by atoms with Gasteiger partial charge in [0.05, 0.1) is 4.90 Å². The number of sulfonamides is 1. The Kier molecular flexibility index (Phi) is 4.34. The summed E-state index contributed by atoms with van der Waals surface area (Å²) in [4.78, 5) is 5.19. The van der Waals surface area contributed by atoms with Crippen LogP contribution in [0, 0.1) is 0 Å². The molecule has 0 saturated heterocycles. The van der Waals surface area contributed by atoms with Gasteiger partial charge in [0, 0.05) is 30.4 Å². The Morgan fingerprint density at radius 2 is 2.29 bits per heavy atom.